The third-order valence-electron chi connectivity index (χ3n) is 3.54. The molecule has 0 unspecified atom stereocenters. The summed E-state index contributed by atoms with van der Waals surface area (Å²) >= 11 is 0. The van der Waals surface area contributed by atoms with Crippen molar-refractivity contribution in [3.8, 4) is 0 Å². The molecule has 1 aliphatic carbocycles. The van der Waals surface area contributed by atoms with E-state index in [1.807, 2.05) is 31.3 Å². The van der Waals surface area contributed by atoms with E-state index in [1.54, 1.807) is 11.0 Å². The van der Waals surface area contributed by atoms with Crippen molar-refractivity contribution in [2.45, 2.75) is 12.8 Å². The molecule has 1 aromatic heterocycles. The van der Waals surface area contributed by atoms with Gasteiger partial charge in [0.25, 0.3) is 5.91 Å². The van der Waals surface area contributed by atoms with Gasteiger partial charge in [-0.1, -0.05) is 18.2 Å². The number of hydrogen-bond acceptors (Lipinski definition) is 3. The lowest BCUT2D eigenvalue weighted by molar-refractivity contribution is 0.0783. The van der Waals surface area contributed by atoms with E-state index in [2.05, 4.69) is 4.98 Å². The molecule has 1 fully saturated rings. The normalized spacial score (nSPS) is 14.6. The van der Waals surface area contributed by atoms with Gasteiger partial charge >= 0.3 is 0 Å². The van der Waals surface area contributed by atoms with Gasteiger partial charge in [0, 0.05) is 24.7 Å². The summed E-state index contributed by atoms with van der Waals surface area (Å²) in [6.45, 7) is 0.813. The Morgan fingerprint density at radius 3 is 2.89 bits per heavy atom. The zero-order valence-electron chi connectivity index (χ0n) is 11.0. The molecule has 2 aromatic rings. The van der Waals surface area contributed by atoms with Crippen molar-refractivity contribution in [1.82, 2.24) is 9.88 Å². The van der Waals surface area contributed by atoms with Crippen LogP contribution in [0.3, 0.4) is 0 Å². The summed E-state index contributed by atoms with van der Waals surface area (Å²) in [5, 5.41) is 0.892. The molecule has 0 radical (unpaired) electrons. The van der Waals surface area contributed by atoms with Crippen LogP contribution in [-0.4, -0.2) is 29.4 Å². The fraction of sp³-hybridized carbons (Fsp3) is 0.333. The number of carbonyl (C=O) groups excluding carboxylic acids is 1. The van der Waals surface area contributed by atoms with Crippen LogP contribution >= 0.6 is 0 Å². The van der Waals surface area contributed by atoms with Crippen LogP contribution in [0.4, 0.5) is 5.69 Å². The number of carbonyl (C=O) groups is 1. The maximum Gasteiger partial charge on any atom is 0.272 e. The lowest BCUT2D eigenvalue weighted by Crippen LogP contribution is -2.29. The molecule has 0 aliphatic heterocycles. The molecule has 0 bridgehead atoms. The molecule has 1 aliphatic rings. The van der Waals surface area contributed by atoms with Crippen molar-refractivity contribution in [3.63, 3.8) is 0 Å². The van der Waals surface area contributed by atoms with E-state index in [-0.39, 0.29) is 5.91 Å². The molecular weight excluding hydrogens is 238 g/mol. The quantitative estimate of drug-likeness (QED) is 0.915. The first-order chi connectivity index (χ1) is 9.15. The third kappa shape index (κ3) is 2.38. The highest BCUT2D eigenvalue weighted by molar-refractivity contribution is 5.99. The summed E-state index contributed by atoms with van der Waals surface area (Å²) in [4.78, 5) is 18.5. The Labute approximate surface area is 112 Å². The number of nitrogens with zero attached hydrogens (tertiary/aromatic N) is 2. The fourth-order valence-corrected chi connectivity index (χ4v) is 2.28. The Morgan fingerprint density at radius 2 is 2.16 bits per heavy atom. The first-order valence-corrected chi connectivity index (χ1v) is 6.56. The number of para-hydroxylation sites is 1. The first kappa shape index (κ1) is 12.0. The molecule has 98 valence electrons. The van der Waals surface area contributed by atoms with E-state index in [9.17, 15) is 4.79 Å². The molecule has 1 amide bonds. The molecule has 0 atom stereocenters. The Balaban J connectivity index is 1.93. The van der Waals surface area contributed by atoms with Gasteiger partial charge in [0.2, 0.25) is 0 Å². The van der Waals surface area contributed by atoms with Gasteiger partial charge in [-0.25, -0.2) is 4.98 Å². The van der Waals surface area contributed by atoms with E-state index >= 15 is 0 Å². The number of nitrogen functional groups attached to an aromatic ring is 1. The van der Waals surface area contributed by atoms with Gasteiger partial charge in [-0.2, -0.15) is 0 Å². The Hall–Kier alpha value is -2.10. The molecular formula is C15H17N3O. The molecule has 19 heavy (non-hydrogen) atoms. The van der Waals surface area contributed by atoms with E-state index in [0.717, 1.165) is 17.4 Å². The minimum atomic E-state index is -0.0515. The molecule has 3 rings (SSSR count). The van der Waals surface area contributed by atoms with Gasteiger partial charge in [0.1, 0.15) is 5.69 Å². The summed E-state index contributed by atoms with van der Waals surface area (Å²) in [5.74, 6) is 0.621. The van der Waals surface area contributed by atoms with Crippen molar-refractivity contribution < 1.29 is 4.79 Å². The zero-order chi connectivity index (χ0) is 13.4. The van der Waals surface area contributed by atoms with Gasteiger partial charge in [0.15, 0.2) is 0 Å². The number of benzene rings is 1. The smallest absolute Gasteiger partial charge is 0.272 e. The molecule has 4 nitrogen and oxygen atoms in total. The second kappa shape index (κ2) is 4.53. The predicted molar refractivity (Wildman–Crippen MR) is 75.8 cm³/mol. The zero-order valence-corrected chi connectivity index (χ0v) is 11.0. The molecule has 1 saturated carbocycles. The summed E-state index contributed by atoms with van der Waals surface area (Å²) in [6, 6.07) is 9.29. The summed E-state index contributed by atoms with van der Waals surface area (Å²) in [7, 11) is 1.83. The maximum atomic E-state index is 12.3. The summed E-state index contributed by atoms with van der Waals surface area (Å²) in [5.41, 5.74) is 7.80. The van der Waals surface area contributed by atoms with Gasteiger partial charge in [-0.3, -0.25) is 4.79 Å². The summed E-state index contributed by atoms with van der Waals surface area (Å²) in [6.07, 6.45) is 2.45. The highest BCUT2D eigenvalue weighted by atomic mass is 16.2. The lowest BCUT2D eigenvalue weighted by Gasteiger charge is -2.16. The second-order valence-corrected chi connectivity index (χ2v) is 5.24. The minimum absolute atomic E-state index is 0.0515. The van der Waals surface area contributed by atoms with Gasteiger partial charge in [-0.15, -0.1) is 0 Å². The lowest BCUT2D eigenvalue weighted by atomic mass is 10.1. The third-order valence-corrected chi connectivity index (χ3v) is 3.54. The van der Waals surface area contributed by atoms with Crippen molar-refractivity contribution in [1.29, 1.82) is 0 Å². The van der Waals surface area contributed by atoms with Gasteiger partial charge in [0.05, 0.1) is 5.52 Å². The number of nitrogens with two attached hydrogens (primary N) is 1. The van der Waals surface area contributed by atoms with Crippen LogP contribution in [0.2, 0.25) is 0 Å². The Kier molecular flexibility index (Phi) is 2.85. The van der Waals surface area contributed by atoms with Crippen molar-refractivity contribution in [3.05, 3.63) is 36.0 Å². The number of fused-ring (bicyclic) bond motifs is 1. The van der Waals surface area contributed by atoms with Crippen molar-refractivity contribution >= 4 is 22.5 Å². The number of aromatic nitrogens is 1. The minimum Gasteiger partial charge on any atom is -0.398 e. The Bertz CT molecular complexity index is 634. The van der Waals surface area contributed by atoms with Crippen LogP contribution in [0.5, 0.6) is 0 Å². The number of hydrogen-bond donors (Lipinski definition) is 1. The fourth-order valence-electron chi connectivity index (χ4n) is 2.28. The molecule has 1 heterocycles. The summed E-state index contributed by atoms with van der Waals surface area (Å²) < 4.78 is 0. The average molecular weight is 255 g/mol. The van der Waals surface area contributed by atoms with Crippen LogP contribution in [0.25, 0.3) is 10.9 Å². The van der Waals surface area contributed by atoms with Gasteiger partial charge < -0.3 is 10.6 Å². The monoisotopic (exact) mass is 255 g/mol. The van der Waals surface area contributed by atoms with Crippen LogP contribution in [0.1, 0.15) is 23.3 Å². The predicted octanol–water partition coefficient (Wildman–Crippen LogP) is 2.30. The topological polar surface area (TPSA) is 59.2 Å². The second-order valence-electron chi connectivity index (χ2n) is 5.24. The van der Waals surface area contributed by atoms with Crippen LogP contribution in [0, 0.1) is 5.92 Å². The largest absolute Gasteiger partial charge is 0.398 e. The van der Waals surface area contributed by atoms with Crippen molar-refractivity contribution in [2.24, 2.45) is 5.92 Å². The molecule has 0 saturated heterocycles. The molecule has 1 aromatic carbocycles. The number of amides is 1. The highest BCUT2D eigenvalue weighted by Gasteiger charge is 2.25. The maximum absolute atomic E-state index is 12.3. The van der Waals surface area contributed by atoms with E-state index in [4.69, 9.17) is 5.73 Å². The Morgan fingerprint density at radius 1 is 1.42 bits per heavy atom. The van der Waals surface area contributed by atoms with Crippen LogP contribution in [0.15, 0.2) is 30.3 Å². The van der Waals surface area contributed by atoms with E-state index < -0.39 is 0 Å². The van der Waals surface area contributed by atoms with Crippen molar-refractivity contribution in [2.75, 3.05) is 19.3 Å². The number of pyridine rings is 1. The molecule has 4 heteroatoms. The average Bonchev–Trinajstić information content (AvgIpc) is 3.21. The van der Waals surface area contributed by atoms with E-state index in [1.165, 1.54) is 12.8 Å². The van der Waals surface area contributed by atoms with Gasteiger partial charge in [-0.05, 0) is 30.9 Å². The van der Waals surface area contributed by atoms with Crippen LogP contribution in [-0.2, 0) is 0 Å². The number of anilines is 1. The molecule has 2 N–H and O–H groups in total. The van der Waals surface area contributed by atoms with E-state index in [0.29, 0.717) is 17.3 Å². The first-order valence-electron chi connectivity index (χ1n) is 6.56. The standard InChI is InChI=1S/C15H17N3O/c1-18(9-10-6-7-10)15(19)14-8-12(16)11-4-2-3-5-13(11)17-14/h2-5,8,10H,6-7,9H2,1H3,(H2,16,17). The van der Waals surface area contributed by atoms with Crippen LogP contribution < -0.4 is 5.73 Å². The number of rotatable bonds is 3. The molecule has 0 spiro atoms. The SMILES string of the molecule is CN(CC1CC1)C(=O)c1cc(N)c2ccccc2n1. The highest BCUT2D eigenvalue weighted by Crippen LogP contribution is 2.29.